The molecule has 6 nitrogen and oxygen atoms in total. The second-order valence-electron chi connectivity index (χ2n) is 9.33. The number of aromatic carboxylic acids is 1. The SMILES string of the molecule is CCCCCCCCOc1c(CCC)c(OCCC)c(O)c(C(=O)O)c1OCCCCCCCC. The molecular weight excluding hydrogens is 444 g/mol. The van der Waals surface area contributed by atoms with Gasteiger partial charge in [-0.05, 0) is 25.7 Å². The maximum atomic E-state index is 12.2. The van der Waals surface area contributed by atoms with Crippen molar-refractivity contribution in [3.05, 3.63) is 11.1 Å². The van der Waals surface area contributed by atoms with Crippen molar-refractivity contribution in [3.8, 4) is 23.0 Å². The topological polar surface area (TPSA) is 85.2 Å². The Labute approximate surface area is 213 Å². The van der Waals surface area contributed by atoms with Crippen LogP contribution in [0.5, 0.6) is 23.0 Å². The van der Waals surface area contributed by atoms with Crippen LogP contribution in [0, 0.1) is 0 Å². The minimum absolute atomic E-state index is 0.141. The van der Waals surface area contributed by atoms with E-state index in [1.54, 1.807) is 0 Å². The van der Waals surface area contributed by atoms with Gasteiger partial charge in [0, 0.05) is 5.56 Å². The van der Waals surface area contributed by atoms with E-state index in [2.05, 4.69) is 13.8 Å². The summed E-state index contributed by atoms with van der Waals surface area (Å²) in [6, 6.07) is 0. The smallest absolute Gasteiger partial charge is 0.343 e. The number of ether oxygens (including phenoxy) is 3. The molecule has 35 heavy (non-hydrogen) atoms. The second-order valence-corrected chi connectivity index (χ2v) is 9.33. The summed E-state index contributed by atoms with van der Waals surface area (Å²) in [6.45, 7) is 9.67. The largest absolute Gasteiger partial charge is 0.504 e. The van der Waals surface area contributed by atoms with Gasteiger partial charge in [0.25, 0.3) is 0 Å². The van der Waals surface area contributed by atoms with E-state index in [1.165, 1.54) is 44.9 Å². The third-order valence-corrected chi connectivity index (χ3v) is 6.09. The molecule has 0 spiro atoms. The van der Waals surface area contributed by atoms with Gasteiger partial charge in [0.05, 0.1) is 19.8 Å². The first-order valence-electron chi connectivity index (χ1n) is 14.1. The molecular formula is C29H50O6. The summed E-state index contributed by atoms with van der Waals surface area (Å²) >= 11 is 0. The maximum Gasteiger partial charge on any atom is 0.343 e. The van der Waals surface area contributed by atoms with Crippen molar-refractivity contribution in [2.45, 2.75) is 124 Å². The number of hydrogen-bond acceptors (Lipinski definition) is 5. The molecule has 0 aliphatic heterocycles. The fraction of sp³-hybridized carbons (Fsp3) is 0.759. The zero-order valence-corrected chi connectivity index (χ0v) is 22.8. The van der Waals surface area contributed by atoms with Gasteiger partial charge in [-0.2, -0.15) is 0 Å². The van der Waals surface area contributed by atoms with Gasteiger partial charge in [0.1, 0.15) is 0 Å². The number of benzene rings is 1. The van der Waals surface area contributed by atoms with Gasteiger partial charge in [0.15, 0.2) is 28.6 Å². The molecule has 0 saturated heterocycles. The van der Waals surface area contributed by atoms with Crippen LogP contribution in [-0.4, -0.2) is 36.0 Å². The Bertz CT molecular complexity index is 716. The number of phenols is 1. The number of carboxylic acids is 1. The Hall–Kier alpha value is -2.11. The van der Waals surface area contributed by atoms with Crippen molar-refractivity contribution in [2.24, 2.45) is 0 Å². The first-order chi connectivity index (χ1) is 17.0. The Kier molecular flexibility index (Phi) is 16.9. The molecule has 0 aliphatic rings. The summed E-state index contributed by atoms with van der Waals surface area (Å²) in [5.74, 6) is -0.820. The normalized spacial score (nSPS) is 11.0. The van der Waals surface area contributed by atoms with Crippen molar-refractivity contribution in [3.63, 3.8) is 0 Å². The highest BCUT2D eigenvalue weighted by Crippen LogP contribution is 2.49. The number of hydrogen-bond donors (Lipinski definition) is 2. The Morgan fingerprint density at radius 1 is 0.600 bits per heavy atom. The van der Waals surface area contributed by atoms with Gasteiger partial charge >= 0.3 is 5.97 Å². The molecule has 0 amide bonds. The van der Waals surface area contributed by atoms with Gasteiger partial charge in [-0.25, -0.2) is 4.79 Å². The Morgan fingerprint density at radius 2 is 1.09 bits per heavy atom. The minimum atomic E-state index is -1.24. The van der Waals surface area contributed by atoms with E-state index in [9.17, 15) is 15.0 Å². The van der Waals surface area contributed by atoms with Crippen LogP contribution in [0.2, 0.25) is 0 Å². The zero-order chi connectivity index (χ0) is 25.9. The highest BCUT2D eigenvalue weighted by Gasteiger charge is 2.30. The van der Waals surface area contributed by atoms with Crippen molar-refractivity contribution >= 4 is 5.97 Å². The van der Waals surface area contributed by atoms with Crippen LogP contribution in [0.4, 0.5) is 0 Å². The fourth-order valence-electron chi connectivity index (χ4n) is 4.16. The van der Waals surface area contributed by atoms with Crippen LogP contribution in [0.1, 0.15) is 134 Å². The van der Waals surface area contributed by atoms with E-state index in [-0.39, 0.29) is 22.8 Å². The quantitative estimate of drug-likeness (QED) is 0.158. The lowest BCUT2D eigenvalue weighted by atomic mass is 10.0. The fourth-order valence-corrected chi connectivity index (χ4v) is 4.16. The van der Waals surface area contributed by atoms with Crippen LogP contribution >= 0.6 is 0 Å². The lowest BCUT2D eigenvalue weighted by Crippen LogP contribution is -2.12. The summed E-state index contributed by atoms with van der Waals surface area (Å²) in [7, 11) is 0. The van der Waals surface area contributed by atoms with Crippen molar-refractivity contribution in [1.82, 2.24) is 0 Å². The summed E-state index contributed by atoms with van der Waals surface area (Å²) in [6.07, 6.45) is 15.6. The average molecular weight is 495 g/mol. The standard InChI is InChI=1S/C29H50O6/c1-5-9-11-13-15-17-21-34-27-23(19-7-3)26(33-20-8-4)25(30)24(29(31)32)28(27)35-22-18-16-14-12-10-6-2/h30H,5-22H2,1-4H3,(H,31,32). The summed E-state index contributed by atoms with van der Waals surface area (Å²) in [4.78, 5) is 12.2. The van der Waals surface area contributed by atoms with Crippen LogP contribution in [0.25, 0.3) is 0 Å². The molecule has 2 N–H and O–H groups in total. The maximum absolute atomic E-state index is 12.2. The number of aromatic hydroxyl groups is 1. The number of rotatable bonds is 22. The lowest BCUT2D eigenvalue weighted by Gasteiger charge is -2.23. The van der Waals surface area contributed by atoms with Crippen LogP contribution in [0.15, 0.2) is 0 Å². The minimum Gasteiger partial charge on any atom is -0.504 e. The molecule has 202 valence electrons. The summed E-state index contributed by atoms with van der Waals surface area (Å²) in [5.41, 5.74) is 0.437. The van der Waals surface area contributed by atoms with E-state index in [0.717, 1.165) is 44.9 Å². The van der Waals surface area contributed by atoms with Gasteiger partial charge in [0.2, 0.25) is 0 Å². The third kappa shape index (κ3) is 11.0. The molecule has 0 fully saturated rings. The van der Waals surface area contributed by atoms with Gasteiger partial charge in [-0.3, -0.25) is 0 Å². The predicted octanol–water partition coefficient (Wildman–Crippen LogP) is 8.31. The van der Waals surface area contributed by atoms with Gasteiger partial charge < -0.3 is 24.4 Å². The zero-order valence-electron chi connectivity index (χ0n) is 22.8. The van der Waals surface area contributed by atoms with Crippen molar-refractivity contribution in [2.75, 3.05) is 19.8 Å². The lowest BCUT2D eigenvalue weighted by molar-refractivity contribution is 0.0686. The first-order valence-corrected chi connectivity index (χ1v) is 14.1. The van der Waals surface area contributed by atoms with Crippen molar-refractivity contribution in [1.29, 1.82) is 0 Å². The molecule has 1 rings (SSSR count). The van der Waals surface area contributed by atoms with Crippen LogP contribution in [-0.2, 0) is 6.42 Å². The highest BCUT2D eigenvalue weighted by atomic mass is 16.5. The molecule has 0 radical (unpaired) electrons. The molecule has 1 aromatic rings. The van der Waals surface area contributed by atoms with Gasteiger partial charge in [-0.15, -0.1) is 0 Å². The molecule has 0 saturated carbocycles. The first kappa shape index (κ1) is 30.9. The van der Waals surface area contributed by atoms with E-state index < -0.39 is 5.97 Å². The van der Waals surface area contributed by atoms with Crippen molar-refractivity contribution < 1.29 is 29.2 Å². The van der Waals surface area contributed by atoms with Crippen LogP contribution in [0.3, 0.4) is 0 Å². The van der Waals surface area contributed by atoms with Crippen LogP contribution < -0.4 is 14.2 Å². The molecule has 0 aromatic heterocycles. The Morgan fingerprint density at radius 3 is 1.57 bits per heavy atom. The van der Waals surface area contributed by atoms with Gasteiger partial charge in [-0.1, -0.05) is 98.3 Å². The molecule has 1 aromatic carbocycles. The average Bonchev–Trinajstić information content (AvgIpc) is 2.83. The summed E-state index contributed by atoms with van der Waals surface area (Å²) < 4.78 is 18.1. The Balaban J connectivity index is 3.17. The monoisotopic (exact) mass is 494 g/mol. The summed E-state index contributed by atoms with van der Waals surface area (Å²) in [5, 5.41) is 20.9. The molecule has 6 heteroatoms. The third-order valence-electron chi connectivity index (χ3n) is 6.09. The predicted molar refractivity (Wildman–Crippen MR) is 143 cm³/mol. The van der Waals surface area contributed by atoms with E-state index in [0.29, 0.717) is 37.6 Å². The molecule has 0 unspecified atom stereocenters. The number of carbonyl (C=O) groups is 1. The molecule has 0 bridgehead atoms. The second kappa shape index (κ2) is 19.1. The molecule has 0 aliphatic carbocycles. The van der Waals surface area contributed by atoms with E-state index >= 15 is 0 Å². The molecule has 0 heterocycles. The molecule has 0 atom stereocenters. The van der Waals surface area contributed by atoms with E-state index in [1.807, 2.05) is 13.8 Å². The highest BCUT2D eigenvalue weighted by molar-refractivity contribution is 5.97. The number of carboxylic acid groups (broad SMARTS) is 1. The number of unbranched alkanes of at least 4 members (excludes halogenated alkanes) is 10. The van der Waals surface area contributed by atoms with E-state index in [4.69, 9.17) is 14.2 Å².